The minimum absolute atomic E-state index is 0.0225. The third-order valence-corrected chi connectivity index (χ3v) is 3.72. The molecule has 104 valence electrons. The maximum atomic E-state index is 11.6. The average Bonchev–Trinajstić information content (AvgIpc) is 2.31. The Morgan fingerprint density at radius 1 is 1.26 bits per heavy atom. The fourth-order valence-electron chi connectivity index (χ4n) is 1.44. The molecule has 0 aliphatic heterocycles. The number of carboxylic acids is 1. The second-order valence-electron chi connectivity index (χ2n) is 4.20. The molecule has 0 saturated carbocycles. The predicted octanol–water partition coefficient (Wildman–Crippen LogP) is 1.55. The Morgan fingerprint density at radius 2 is 1.89 bits per heavy atom. The van der Waals surface area contributed by atoms with Gasteiger partial charge in [0.15, 0.2) is 0 Å². The number of carboxylic acid groups (broad SMARTS) is 1. The molecule has 1 rings (SSSR count). The zero-order chi connectivity index (χ0) is 14.3. The number of carbonyl (C=O) groups excluding carboxylic acids is 1. The highest BCUT2D eigenvalue weighted by atomic mass is 32.2. The molecule has 6 heteroatoms. The van der Waals surface area contributed by atoms with Gasteiger partial charge < -0.3 is 10.4 Å². The van der Waals surface area contributed by atoms with Gasteiger partial charge in [-0.15, -0.1) is 0 Å². The Kier molecular flexibility index (Phi) is 6.21. The third kappa shape index (κ3) is 6.71. The quantitative estimate of drug-likeness (QED) is 0.795. The predicted molar refractivity (Wildman–Crippen MR) is 74.6 cm³/mol. The summed E-state index contributed by atoms with van der Waals surface area (Å²) in [7, 11) is -1.32. The number of nitrogens with one attached hydrogen (secondary N) is 1. The lowest BCUT2D eigenvalue weighted by molar-refractivity contribution is -0.137. The summed E-state index contributed by atoms with van der Waals surface area (Å²) in [5.41, 5.74) is 1.76. The summed E-state index contributed by atoms with van der Waals surface area (Å²) >= 11 is 0. The van der Waals surface area contributed by atoms with Crippen molar-refractivity contribution in [2.75, 3.05) is 16.8 Å². The molecule has 2 N–H and O–H groups in total. The van der Waals surface area contributed by atoms with Crippen molar-refractivity contribution in [2.45, 2.75) is 19.8 Å². The second kappa shape index (κ2) is 7.68. The SMILES string of the molecule is Cc1ccc(NC(=O)CS(=O)CCCC(=O)O)cc1. The zero-order valence-corrected chi connectivity index (χ0v) is 11.5. The lowest BCUT2D eigenvalue weighted by Crippen LogP contribution is -2.21. The van der Waals surface area contributed by atoms with Crippen LogP contribution in [-0.4, -0.2) is 32.7 Å². The summed E-state index contributed by atoms with van der Waals surface area (Å²) in [6.07, 6.45) is 0.297. The standard InChI is InChI=1S/C13H17NO4S/c1-10-4-6-11(7-5-10)14-12(15)9-19(18)8-2-3-13(16)17/h4-7H,2-3,8-9H2,1H3,(H,14,15)(H,16,17). The van der Waals surface area contributed by atoms with Crippen molar-refractivity contribution < 1.29 is 18.9 Å². The number of hydrogen-bond acceptors (Lipinski definition) is 3. The van der Waals surface area contributed by atoms with E-state index in [2.05, 4.69) is 5.32 Å². The minimum atomic E-state index is -1.32. The first kappa shape index (κ1) is 15.4. The molecular formula is C13H17NO4S. The Morgan fingerprint density at radius 3 is 2.47 bits per heavy atom. The number of hydrogen-bond donors (Lipinski definition) is 2. The molecule has 0 aliphatic rings. The van der Waals surface area contributed by atoms with Crippen LogP contribution in [0, 0.1) is 6.92 Å². The number of amides is 1. The molecule has 0 bridgehead atoms. The summed E-state index contributed by atoms with van der Waals surface area (Å²) in [4.78, 5) is 21.9. The molecule has 0 aliphatic carbocycles. The van der Waals surface area contributed by atoms with Crippen molar-refractivity contribution in [3.05, 3.63) is 29.8 Å². The number of rotatable bonds is 7. The summed E-state index contributed by atoms with van der Waals surface area (Å²) in [5.74, 6) is -1.11. The first-order valence-corrected chi connectivity index (χ1v) is 7.39. The van der Waals surface area contributed by atoms with Gasteiger partial charge in [0.1, 0.15) is 5.75 Å². The Bertz CT molecular complexity index is 470. The molecule has 0 spiro atoms. The van der Waals surface area contributed by atoms with Gasteiger partial charge in [-0.3, -0.25) is 13.8 Å². The first-order chi connectivity index (χ1) is 8.97. The Hall–Kier alpha value is -1.69. The highest BCUT2D eigenvalue weighted by molar-refractivity contribution is 7.85. The van der Waals surface area contributed by atoms with E-state index in [0.717, 1.165) is 5.56 Å². The van der Waals surface area contributed by atoms with Gasteiger partial charge >= 0.3 is 5.97 Å². The van der Waals surface area contributed by atoms with E-state index in [1.807, 2.05) is 19.1 Å². The van der Waals surface area contributed by atoms with Crippen LogP contribution < -0.4 is 5.32 Å². The molecule has 1 aromatic rings. The largest absolute Gasteiger partial charge is 0.481 e. The summed E-state index contributed by atoms with van der Waals surface area (Å²) in [6.45, 7) is 1.95. The van der Waals surface area contributed by atoms with E-state index >= 15 is 0 Å². The molecule has 1 atom stereocenters. The van der Waals surface area contributed by atoms with Crippen LogP contribution >= 0.6 is 0 Å². The smallest absolute Gasteiger partial charge is 0.303 e. The second-order valence-corrected chi connectivity index (χ2v) is 5.78. The van der Waals surface area contributed by atoms with E-state index in [1.165, 1.54) is 0 Å². The maximum Gasteiger partial charge on any atom is 0.303 e. The van der Waals surface area contributed by atoms with Crippen molar-refractivity contribution in [3.63, 3.8) is 0 Å². The van der Waals surface area contributed by atoms with Gasteiger partial charge in [-0.1, -0.05) is 17.7 Å². The molecule has 0 fully saturated rings. The molecule has 0 radical (unpaired) electrons. The van der Waals surface area contributed by atoms with Gasteiger partial charge in [-0.05, 0) is 25.5 Å². The van der Waals surface area contributed by atoms with Crippen molar-refractivity contribution in [3.8, 4) is 0 Å². The van der Waals surface area contributed by atoms with Gasteiger partial charge in [-0.25, -0.2) is 0 Å². The van der Waals surface area contributed by atoms with Gasteiger partial charge in [-0.2, -0.15) is 0 Å². The highest BCUT2D eigenvalue weighted by Gasteiger charge is 2.09. The molecule has 5 nitrogen and oxygen atoms in total. The molecule has 0 saturated heterocycles. The van der Waals surface area contributed by atoms with Crippen LogP contribution in [0.4, 0.5) is 5.69 Å². The number of anilines is 1. The van der Waals surface area contributed by atoms with Gasteiger partial charge in [0.05, 0.1) is 0 Å². The number of benzene rings is 1. The number of carbonyl (C=O) groups is 2. The van der Waals surface area contributed by atoms with E-state index in [0.29, 0.717) is 12.1 Å². The van der Waals surface area contributed by atoms with Crippen molar-refractivity contribution in [2.24, 2.45) is 0 Å². The normalized spacial score (nSPS) is 11.8. The first-order valence-electron chi connectivity index (χ1n) is 5.90. The molecule has 0 aromatic heterocycles. The molecule has 19 heavy (non-hydrogen) atoms. The molecule has 1 unspecified atom stereocenters. The van der Waals surface area contributed by atoms with Crippen LogP contribution in [0.2, 0.25) is 0 Å². The van der Waals surface area contributed by atoms with Gasteiger partial charge in [0, 0.05) is 28.7 Å². The highest BCUT2D eigenvalue weighted by Crippen LogP contribution is 2.08. The average molecular weight is 283 g/mol. The maximum absolute atomic E-state index is 11.6. The molecule has 0 heterocycles. The van der Waals surface area contributed by atoms with E-state index in [4.69, 9.17) is 5.11 Å². The molecule has 1 amide bonds. The van der Waals surface area contributed by atoms with Crippen LogP contribution in [0.1, 0.15) is 18.4 Å². The molecular weight excluding hydrogens is 266 g/mol. The Labute approximate surface area is 114 Å². The Balaban J connectivity index is 2.32. The van der Waals surface area contributed by atoms with Crippen LogP contribution in [0.3, 0.4) is 0 Å². The summed E-state index contributed by atoms with van der Waals surface area (Å²) in [6, 6.07) is 7.31. The van der Waals surface area contributed by atoms with E-state index in [1.54, 1.807) is 12.1 Å². The fourth-order valence-corrected chi connectivity index (χ4v) is 2.41. The zero-order valence-electron chi connectivity index (χ0n) is 10.7. The van der Waals surface area contributed by atoms with E-state index < -0.39 is 16.8 Å². The van der Waals surface area contributed by atoms with Crippen molar-refractivity contribution in [1.82, 2.24) is 0 Å². The summed E-state index contributed by atoms with van der Waals surface area (Å²) < 4.78 is 11.5. The van der Waals surface area contributed by atoms with Gasteiger partial charge in [0.25, 0.3) is 0 Å². The van der Waals surface area contributed by atoms with Crippen LogP contribution in [0.5, 0.6) is 0 Å². The van der Waals surface area contributed by atoms with Crippen molar-refractivity contribution in [1.29, 1.82) is 0 Å². The van der Waals surface area contributed by atoms with E-state index in [-0.39, 0.29) is 23.8 Å². The lowest BCUT2D eigenvalue weighted by Gasteiger charge is -2.05. The van der Waals surface area contributed by atoms with Crippen LogP contribution in [0.25, 0.3) is 0 Å². The van der Waals surface area contributed by atoms with Crippen molar-refractivity contribution >= 4 is 28.4 Å². The minimum Gasteiger partial charge on any atom is -0.481 e. The van der Waals surface area contributed by atoms with Crippen LogP contribution in [0.15, 0.2) is 24.3 Å². The van der Waals surface area contributed by atoms with E-state index in [9.17, 15) is 13.8 Å². The number of aliphatic carboxylic acids is 1. The fraction of sp³-hybridized carbons (Fsp3) is 0.385. The van der Waals surface area contributed by atoms with Gasteiger partial charge in [0.2, 0.25) is 5.91 Å². The summed E-state index contributed by atoms with van der Waals surface area (Å²) in [5, 5.41) is 11.1. The monoisotopic (exact) mass is 283 g/mol. The third-order valence-electron chi connectivity index (χ3n) is 2.39. The number of aryl methyl sites for hydroxylation is 1. The van der Waals surface area contributed by atoms with Crippen LogP contribution in [-0.2, 0) is 20.4 Å². The topological polar surface area (TPSA) is 83.5 Å². The lowest BCUT2D eigenvalue weighted by atomic mass is 10.2. The molecule has 1 aromatic carbocycles.